The number of urea groups is 1. The van der Waals surface area contributed by atoms with Gasteiger partial charge in [0.2, 0.25) is 0 Å². The molecule has 3 rings (SSSR count). The zero-order valence-corrected chi connectivity index (χ0v) is 16.2. The maximum Gasteiger partial charge on any atom is 0.319 e. The van der Waals surface area contributed by atoms with Crippen LogP contribution in [0.1, 0.15) is 13.8 Å². The van der Waals surface area contributed by atoms with Crippen molar-refractivity contribution >= 4 is 11.7 Å². The maximum atomic E-state index is 14.3. The first-order chi connectivity index (χ1) is 13.5. The Hall–Kier alpha value is -2.64. The van der Waals surface area contributed by atoms with Gasteiger partial charge < -0.3 is 20.1 Å². The third-order valence-electron chi connectivity index (χ3n) is 4.73. The predicted octanol–water partition coefficient (Wildman–Crippen LogP) is 3.85. The van der Waals surface area contributed by atoms with E-state index >= 15 is 0 Å². The Morgan fingerprint density at radius 3 is 2.57 bits per heavy atom. The summed E-state index contributed by atoms with van der Waals surface area (Å²) in [7, 11) is 0. The molecule has 0 unspecified atom stereocenters. The molecule has 2 amide bonds. The van der Waals surface area contributed by atoms with Crippen LogP contribution in [-0.4, -0.2) is 49.3 Å². The van der Waals surface area contributed by atoms with Crippen LogP contribution >= 0.6 is 0 Å². The van der Waals surface area contributed by atoms with Crippen LogP contribution in [0.4, 0.5) is 14.9 Å². The first kappa shape index (κ1) is 20.1. The van der Waals surface area contributed by atoms with Gasteiger partial charge in [0, 0.05) is 25.2 Å². The Balaban J connectivity index is 1.63. The number of nitrogens with one attached hydrogen (secondary N) is 2. The van der Waals surface area contributed by atoms with Gasteiger partial charge in [-0.2, -0.15) is 0 Å². The Labute approximate surface area is 164 Å². The number of anilines is 1. The van der Waals surface area contributed by atoms with Crippen molar-refractivity contribution in [2.24, 2.45) is 0 Å². The van der Waals surface area contributed by atoms with Crippen molar-refractivity contribution in [3.63, 3.8) is 0 Å². The molecule has 0 saturated carbocycles. The lowest BCUT2D eigenvalue weighted by atomic mass is 10.0. The zero-order chi connectivity index (χ0) is 20.0. The summed E-state index contributed by atoms with van der Waals surface area (Å²) in [6.07, 6.45) is 0. The van der Waals surface area contributed by atoms with Gasteiger partial charge in [-0.1, -0.05) is 24.3 Å². The van der Waals surface area contributed by atoms with Crippen LogP contribution < -0.4 is 15.4 Å². The summed E-state index contributed by atoms with van der Waals surface area (Å²) in [5, 5.41) is 5.41. The van der Waals surface area contributed by atoms with E-state index in [0.717, 1.165) is 13.1 Å². The molecule has 1 fully saturated rings. The standard InChI is InChI=1S/C21H26FN3O3/c1-21(2,25-11-13-27-14-12-25)15-23-20(26)24-19-17(22)9-6-10-18(19)28-16-7-4-3-5-8-16/h3-10H,11-15H2,1-2H3,(H2,23,24,26). The normalized spacial score (nSPS) is 15.1. The third kappa shape index (κ3) is 5.21. The lowest BCUT2D eigenvalue weighted by molar-refractivity contribution is -0.00863. The highest BCUT2D eigenvalue weighted by atomic mass is 19.1. The maximum absolute atomic E-state index is 14.3. The predicted molar refractivity (Wildman–Crippen MR) is 106 cm³/mol. The second-order valence-corrected chi connectivity index (χ2v) is 7.25. The van der Waals surface area contributed by atoms with Crippen molar-refractivity contribution in [1.29, 1.82) is 0 Å². The van der Waals surface area contributed by atoms with Gasteiger partial charge in [-0.25, -0.2) is 9.18 Å². The zero-order valence-electron chi connectivity index (χ0n) is 16.2. The topological polar surface area (TPSA) is 62.8 Å². The van der Waals surface area contributed by atoms with E-state index < -0.39 is 11.8 Å². The minimum atomic E-state index is -0.559. The van der Waals surface area contributed by atoms with Crippen molar-refractivity contribution < 1.29 is 18.7 Å². The van der Waals surface area contributed by atoms with Crippen molar-refractivity contribution in [2.45, 2.75) is 19.4 Å². The summed E-state index contributed by atoms with van der Waals surface area (Å²) in [5.74, 6) is 0.245. The molecule has 0 radical (unpaired) electrons. The minimum Gasteiger partial charge on any atom is -0.455 e. The van der Waals surface area contributed by atoms with Crippen LogP contribution in [0.5, 0.6) is 11.5 Å². The summed E-state index contributed by atoms with van der Waals surface area (Å²) in [4.78, 5) is 14.7. The van der Waals surface area contributed by atoms with Crippen LogP contribution in [0, 0.1) is 5.82 Å². The fourth-order valence-electron chi connectivity index (χ4n) is 3.06. The summed E-state index contributed by atoms with van der Waals surface area (Å²) in [6.45, 7) is 7.55. The van der Waals surface area contributed by atoms with E-state index in [0.29, 0.717) is 25.5 Å². The van der Waals surface area contributed by atoms with Crippen molar-refractivity contribution in [3.8, 4) is 11.5 Å². The van der Waals surface area contributed by atoms with Gasteiger partial charge in [-0.05, 0) is 38.1 Å². The third-order valence-corrected chi connectivity index (χ3v) is 4.73. The number of benzene rings is 2. The highest BCUT2D eigenvalue weighted by Crippen LogP contribution is 2.31. The largest absolute Gasteiger partial charge is 0.455 e. The molecule has 2 aromatic carbocycles. The molecule has 1 heterocycles. The van der Waals surface area contributed by atoms with E-state index in [1.807, 2.05) is 18.2 Å². The van der Waals surface area contributed by atoms with Gasteiger partial charge in [0.25, 0.3) is 0 Å². The highest BCUT2D eigenvalue weighted by Gasteiger charge is 2.28. The van der Waals surface area contributed by atoms with Gasteiger partial charge in [-0.3, -0.25) is 4.90 Å². The molecule has 0 aliphatic carbocycles. The number of nitrogens with zero attached hydrogens (tertiary/aromatic N) is 1. The van der Waals surface area contributed by atoms with E-state index in [1.54, 1.807) is 18.2 Å². The molecule has 0 bridgehead atoms. The summed E-state index contributed by atoms with van der Waals surface area (Å²) in [6, 6.07) is 13.0. The highest BCUT2D eigenvalue weighted by molar-refractivity contribution is 5.91. The van der Waals surface area contributed by atoms with Gasteiger partial charge in [-0.15, -0.1) is 0 Å². The van der Waals surface area contributed by atoms with Crippen LogP contribution in [-0.2, 0) is 4.74 Å². The number of halogens is 1. The van der Waals surface area contributed by atoms with E-state index in [4.69, 9.17) is 9.47 Å². The Morgan fingerprint density at radius 1 is 1.14 bits per heavy atom. The average Bonchev–Trinajstić information content (AvgIpc) is 2.71. The summed E-state index contributed by atoms with van der Waals surface area (Å²) in [5.41, 5.74) is -0.229. The van der Waals surface area contributed by atoms with Gasteiger partial charge in [0.1, 0.15) is 11.4 Å². The number of amides is 2. The van der Waals surface area contributed by atoms with Gasteiger partial charge in [0.05, 0.1) is 13.2 Å². The van der Waals surface area contributed by atoms with Crippen LogP contribution in [0.25, 0.3) is 0 Å². The van der Waals surface area contributed by atoms with E-state index in [2.05, 4.69) is 29.4 Å². The number of hydrogen-bond donors (Lipinski definition) is 2. The van der Waals surface area contributed by atoms with Crippen LogP contribution in [0.15, 0.2) is 48.5 Å². The minimum absolute atomic E-state index is 0.00744. The van der Waals surface area contributed by atoms with Crippen molar-refractivity contribution in [2.75, 3.05) is 38.2 Å². The van der Waals surface area contributed by atoms with E-state index in [9.17, 15) is 9.18 Å². The molecule has 1 aliphatic rings. The number of carbonyl (C=O) groups excluding carboxylic acids is 1. The number of para-hydroxylation sites is 2. The molecule has 6 nitrogen and oxygen atoms in total. The first-order valence-electron chi connectivity index (χ1n) is 9.35. The van der Waals surface area contributed by atoms with Crippen LogP contribution in [0.3, 0.4) is 0 Å². The first-order valence-corrected chi connectivity index (χ1v) is 9.35. The molecule has 1 aliphatic heterocycles. The molecule has 0 spiro atoms. The fourth-order valence-corrected chi connectivity index (χ4v) is 3.06. The van der Waals surface area contributed by atoms with Crippen molar-refractivity contribution in [3.05, 3.63) is 54.3 Å². The summed E-state index contributed by atoms with van der Waals surface area (Å²) < 4.78 is 25.4. The lowest BCUT2D eigenvalue weighted by Crippen LogP contribution is -2.55. The van der Waals surface area contributed by atoms with Gasteiger partial charge >= 0.3 is 6.03 Å². The Bertz CT molecular complexity index is 793. The molecule has 1 saturated heterocycles. The quantitative estimate of drug-likeness (QED) is 0.790. The number of ether oxygens (including phenoxy) is 2. The second-order valence-electron chi connectivity index (χ2n) is 7.25. The van der Waals surface area contributed by atoms with Crippen molar-refractivity contribution in [1.82, 2.24) is 10.2 Å². The van der Waals surface area contributed by atoms with E-state index in [-0.39, 0.29) is 17.0 Å². The monoisotopic (exact) mass is 387 g/mol. The van der Waals surface area contributed by atoms with E-state index in [1.165, 1.54) is 12.1 Å². The molecular formula is C21H26FN3O3. The number of morpholine rings is 1. The molecule has 7 heteroatoms. The average molecular weight is 387 g/mol. The molecule has 0 aromatic heterocycles. The molecule has 2 aromatic rings. The smallest absolute Gasteiger partial charge is 0.319 e. The number of rotatable bonds is 6. The SMILES string of the molecule is CC(C)(CNC(=O)Nc1c(F)cccc1Oc1ccccc1)N1CCOCC1. The molecule has 2 N–H and O–H groups in total. The Morgan fingerprint density at radius 2 is 1.86 bits per heavy atom. The van der Waals surface area contributed by atoms with Crippen LogP contribution in [0.2, 0.25) is 0 Å². The van der Waals surface area contributed by atoms with Gasteiger partial charge in [0.15, 0.2) is 11.6 Å². The molecule has 28 heavy (non-hydrogen) atoms. The molecule has 0 atom stereocenters. The summed E-state index contributed by atoms with van der Waals surface area (Å²) >= 11 is 0. The Kier molecular flexibility index (Phi) is 6.49. The number of hydrogen-bond acceptors (Lipinski definition) is 4. The lowest BCUT2D eigenvalue weighted by Gasteiger charge is -2.40. The number of carbonyl (C=O) groups is 1. The molecular weight excluding hydrogens is 361 g/mol. The fraction of sp³-hybridized carbons (Fsp3) is 0.381. The second kappa shape index (κ2) is 9.03. The molecule has 150 valence electrons.